The first-order chi connectivity index (χ1) is 6.93. The lowest BCUT2D eigenvalue weighted by Gasteiger charge is -2.21. The Bertz CT molecular complexity index is 119. The Morgan fingerprint density at radius 2 is 1.71 bits per heavy atom. The molecule has 0 spiro atoms. The molecule has 0 atom stereocenters. The monoisotopic (exact) mass is 198 g/mol. The number of unbranched alkanes of at least 4 members (excludes halogenated alkanes) is 1. The lowest BCUT2D eigenvalue weighted by Crippen LogP contribution is -2.25. The van der Waals surface area contributed by atoms with Crippen molar-refractivity contribution in [3.63, 3.8) is 0 Å². The van der Waals surface area contributed by atoms with Crippen molar-refractivity contribution < 1.29 is 0 Å². The van der Waals surface area contributed by atoms with Gasteiger partial charge in [0.15, 0.2) is 0 Å². The number of nitrogens with one attached hydrogen (secondary N) is 2. The third kappa shape index (κ3) is 5.61. The molecular weight excluding hydrogens is 172 g/mol. The van der Waals surface area contributed by atoms with Gasteiger partial charge >= 0.3 is 0 Å². The van der Waals surface area contributed by atoms with Crippen molar-refractivity contribution in [3.8, 4) is 0 Å². The van der Waals surface area contributed by atoms with Crippen molar-refractivity contribution in [1.82, 2.24) is 10.6 Å². The SMILES string of the molecule is CNCCCCNCC1CCCCC1. The molecule has 1 saturated carbocycles. The van der Waals surface area contributed by atoms with Gasteiger partial charge in [0.1, 0.15) is 0 Å². The van der Waals surface area contributed by atoms with E-state index in [1.165, 1.54) is 58.0 Å². The van der Waals surface area contributed by atoms with Gasteiger partial charge in [0, 0.05) is 0 Å². The van der Waals surface area contributed by atoms with Gasteiger partial charge in [0.2, 0.25) is 0 Å². The molecule has 14 heavy (non-hydrogen) atoms. The van der Waals surface area contributed by atoms with Gasteiger partial charge in [-0.1, -0.05) is 19.3 Å². The highest BCUT2D eigenvalue weighted by atomic mass is 14.9. The summed E-state index contributed by atoms with van der Waals surface area (Å²) in [5.41, 5.74) is 0. The molecule has 0 aromatic rings. The highest BCUT2D eigenvalue weighted by Gasteiger charge is 2.11. The van der Waals surface area contributed by atoms with E-state index in [4.69, 9.17) is 0 Å². The van der Waals surface area contributed by atoms with Crippen molar-refractivity contribution in [2.75, 3.05) is 26.7 Å². The van der Waals surface area contributed by atoms with E-state index in [1.807, 2.05) is 7.05 Å². The van der Waals surface area contributed by atoms with E-state index >= 15 is 0 Å². The summed E-state index contributed by atoms with van der Waals surface area (Å²) in [5, 5.41) is 6.77. The zero-order valence-electron chi connectivity index (χ0n) is 9.65. The van der Waals surface area contributed by atoms with Gasteiger partial charge in [-0.3, -0.25) is 0 Å². The zero-order valence-corrected chi connectivity index (χ0v) is 9.65. The average molecular weight is 198 g/mol. The number of hydrogen-bond acceptors (Lipinski definition) is 2. The van der Waals surface area contributed by atoms with Gasteiger partial charge in [0.05, 0.1) is 0 Å². The van der Waals surface area contributed by atoms with E-state index in [-0.39, 0.29) is 0 Å². The average Bonchev–Trinajstić information content (AvgIpc) is 2.25. The minimum absolute atomic E-state index is 0.980. The molecule has 0 amide bonds. The molecule has 84 valence electrons. The topological polar surface area (TPSA) is 24.1 Å². The van der Waals surface area contributed by atoms with Crippen LogP contribution < -0.4 is 10.6 Å². The second-order valence-corrected chi connectivity index (χ2v) is 4.52. The molecule has 2 heteroatoms. The highest BCUT2D eigenvalue weighted by molar-refractivity contribution is 4.67. The molecule has 1 rings (SSSR count). The van der Waals surface area contributed by atoms with Crippen molar-refractivity contribution in [2.24, 2.45) is 5.92 Å². The van der Waals surface area contributed by atoms with Gasteiger partial charge in [-0.15, -0.1) is 0 Å². The van der Waals surface area contributed by atoms with Crippen LogP contribution in [0.15, 0.2) is 0 Å². The summed E-state index contributed by atoms with van der Waals surface area (Å²) in [6.45, 7) is 3.63. The van der Waals surface area contributed by atoms with Crippen LogP contribution in [0.4, 0.5) is 0 Å². The molecule has 0 bridgehead atoms. The van der Waals surface area contributed by atoms with Crippen molar-refractivity contribution in [1.29, 1.82) is 0 Å². The first-order valence-electron chi connectivity index (χ1n) is 6.29. The minimum atomic E-state index is 0.980. The van der Waals surface area contributed by atoms with Crippen LogP contribution in [0.5, 0.6) is 0 Å². The van der Waals surface area contributed by atoms with Gasteiger partial charge in [-0.05, 0) is 58.3 Å². The Morgan fingerprint density at radius 1 is 1.00 bits per heavy atom. The number of rotatable bonds is 7. The summed E-state index contributed by atoms with van der Waals surface area (Å²) >= 11 is 0. The van der Waals surface area contributed by atoms with Gasteiger partial charge in [-0.2, -0.15) is 0 Å². The maximum Gasteiger partial charge on any atom is -0.00205 e. The zero-order chi connectivity index (χ0) is 10.1. The third-order valence-corrected chi connectivity index (χ3v) is 3.19. The molecule has 2 nitrogen and oxygen atoms in total. The van der Waals surface area contributed by atoms with E-state index in [9.17, 15) is 0 Å². The lowest BCUT2D eigenvalue weighted by molar-refractivity contribution is 0.341. The van der Waals surface area contributed by atoms with E-state index in [0.717, 1.165) is 12.5 Å². The normalized spacial score (nSPS) is 18.6. The first-order valence-corrected chi connectivity index (χ1v) is 6.29. The van der Waals surface area contributed by atoms with Crippen LogP contribution in [-0.4, -0.2) is 26.7 Å². The Labute approximate surface area is 88.8 Å². The maximum atomic E-state index is 3.59. The van der Waals surface area contributed by atoms with Crippen LogP contribution in [-0.2, 0) is 0 Å². The quantitative estimate of drug-likeness (QED) is 0.613. The predicted octanol–water partition coefficient (Wildman–Crippen LogP) is 2.16. The summed E-state index contributed by atoms with van der Waals surface area (Å²) in [4.78, 5) is 0. The maximum absolute atomic E-state index is 3.59. The molecule has 2 N–H and O–H groups in total. The second kappa shape index (κ2) is 8.25. The van der Waals surface area contributed by atoms with Gasteiger partial charge in [0.25, 0.3) is 0 Å². The predicted molar refractivity (Wildman–Crippen MR) is 62.6 cm³/mol. The Morgan fingerprint density at radius 3 is 2.43 bits per heavy atom. The Hall–Kier alpha value is -0.0800. The largest absolute Gasteiger partial charge is 0.320 e. The molecule has 0 unspecified atom stereocenters. The van der Waals surface area contributed by atoms with Crippen LogP contribution in [0.2, 0.25) is 0 Å². The van der Waals surface area contributed by atoms with Crippen molar-refractivity contribution in [3.05, 3.63) is 0 Å². The molecular formula is C12H26N2. The Kier molecular flexibility index (Phi) is 7.06. The Balaban J connectivity index is 1.82. The fraction of sp³-hybridized carbons (Fsp3) is 1.00. The molecule has 1 aliphatic rings. The van der Waals surface area contributed by atoms with Crippen molar-refractivity contribution >= 4 is 0 Å². The van der Waals surface area contributed by atoms with Crippen LogP contribution >= 0.6 is 0 Å². The molecule has 0 heterocycles. The van der Waals surface area contributed by atoms with Crippen LogP contribution in [0.3, 0.4) is 0 Å². The summed E-state index contributed by atoms with van der Waals surface area (Å²) < 4.78 is 0. The molecule has 0 aromatic heterocycles. The molecule has 1 fully saturated rings. The summed E-state index contributed by atoms with van der Waals surface area (Å²) in [6, 6.07) is 0. The van der Waals surface area contributed by atoms with Crippen LogP contribution in [0.1, 0.15) is 44.9 Å². The highest BCUT2D eigenvalue weighted by Crippen LogP contribution is 2.22. The van der Waals surface area contributed by atoms with Gasteiger partial charge < -0.3 is 10.6 Å². The van der Waals surface area contributed by atoms with E-state index < -0.39 is 0 Å². The smallest absolute Gasteiger partial charge is 0.00205 e. The fourth-order valence-corrected chi connectivity index (χ4v) is 2.25. The molecule has 1 aliphatic carbocycles. The molecule has 0 aliphatic heterocycles. The van der Waals surface area contributed by atoms with E-state index in [1.54, 1.807) is 0 Å². The summed E-state index contributed by atoms with van der Waals surface area (Å²) in [5.74, 6) is 0.980. The molecule has 0 aromatic carbocycles. The minimum Gasteiger partial charge on any atom is -0.320 e. The second-order valence-electron chi connectivity index (χ2n) is 4.52. The van der Waals surface area contributed by atoms with E-state index in [0.29, 0.717) is 0 Å². The summed E-state index contributed by atoms with van der Waals surface area (Å²) in [7, 11) is 2.02. The van der Waals surface area contributed by atoms with E-state index in [2.05, 4.69) is 10.6 Å². The number of hydrogen-bond donors (Lipinski definition) is 2. The third-order valence-electron chi connectivity index (χ3n) is 3.19. The fourth-order valence-electron chi connectivity index (χ4n) is 2.25. The van der Waals surface area contributed by atoms with Crippen LogP contribution in [0, 0.1) is 5.92 Å². The molecule has 0 saturated heterocycles. The molecule has 0 radical (unpaired) electrons. The lowest BCUT2D eigenvalue weighted by atomic mass is 9.89. The van der Waals surface area contributed by atoms with Crippen molar-refractivity contribution in [2.45, 2.75) is 44.9 Å². The standard InChI is InChI=1S/C12H26N2/c1-13-9-5-6-10-14-11-12-7-3-2-4-8-12/h12-14H,2-11H2,1H3. The first kappa shape index (κ1) is 12.0. The van der Waals surface area contributed by atoms with Crippen LogP contribution in [0.25, 0.3) is 0 Å². The summed E-state index contributed by atoms with van der Waals surface area (Å²) in [6.07, 6.45) is 9.94. The van der Waals surface area contributed by atoms with Gasteiger partial charge in [-0.25, -0.2) is 0 Å².